The van der Waals surface area contributed by atoms with Gasteiger partial charge in [-0.25, -0.2) is 4.98 Å². The van der Waals surface area contributed by atoms with E-state index in [0.717, 1.165) is 35.4 Å². The van der Waals surface area contributed by atoms with Crippen LogP contribution in [0.3, 0.4) is 0 Å². The van der Waals surface area contributed by atoms with Crippen molar-refractivity contribution in [2.75, 3.05) is 0 Å². The number of hydrogen-bond donors (Lipinski definition) is 2. The minimum atomic E-state index is 0. The summed E-state index contributed by atoms with van der Waals surface area (Å²) in [6, 6.07) is 6.19. The van der Waals surface area contributed by atoms with Gasteiger partial charge in [0.15, 0.2) is 0 Å². The van der Waals surface area contributed by atoms with Gasteiger partial charge in [0.25, 0.3) is 0 Å². The first-order valence-corrected chi connectivity index (χ1v) is 6.03. The predicted octanol–water partition coefficient (Wildman–Crippen LogP) is 2.65. The molecule has 1 aliphatic rings. The lowest BCUT2D eigenvalue weighted by Gasteiger charge is -2.07. The normalized spacial score (nSPS) is 13.3. The highest BCUT2D eigenvalue weighted by Crippen LogP contribution is 2.31. The summed E-state index contributed by atoms with van der Waals surface area (Å²) in [5, 5.41) is 4.51. The van der Waals surface area contributed by atoms with E-state index in [-0.39, 0.29) is 12.4 Å². The topological polar surface area (TPSA) is 53.6 Å². The first-order chi connectivity index (χ1) is 8.93. The Hall–Kier alpha value is -1.91. The Bertz CT molecular complexity index is 735. The standard InChI is InChI=1S/C14H12N4.ClH/c1-4-16-13(12-8-15-7-9(1)12)10-2-5-17-14-11(10)3-6-18-14;/h1-6,15H,7-8H2,(H,17,18);1H. The molecular weight excluding hydrogens is 260 g/mol. The lowest BCUT2D eigenvalue weighted by atomic mass is 10.0. The molecule has 4 nitrogen and oxygen atoms in total. The van der Waals surface area contributed by atoms with E-state index < -0.39 is 0 Å². The first-order valence-electron chi connectivity index (χ1n) is 6.03. The predicted molar refractivity (Wildman–Crippen MR) is 77.1 cm³/mol. The highest BCUT2D eigenvalue weighted by molar-refractivity contribution is 5.92. The molecule has 0 aromatic carbocycles. The van der Waals surface area contributed by atoms with E-state index in [1.54, 1.807) is 0 Å². The maximum atomic E-state index is 4.57. The number of rotatable bonds is 1. The Morgan fingerprint density at radius 2 is 1.89 bits per heavy atom. The van der Waals surface area contributed by atoms with Crippen molar-refractivity contribution in [1.29, 1.82) is 0 Å². The molecule has 4 heterocycles. The van der Waals surface area contributed by atoms with Gasteiger partial charge >= 0.3 is 0 Å². The van der Waals surface area contributed by atoms with E-state index in [4.69, 9.17) is 0 Å². The van der Waals surface area contributed by atoms with E-state index in [0.29, 0.717) is 0 Å². The fourth-order valence-electron chi connectivity index (χ4n) is 2.62. The van der Waals surface area contributed by atoms with Crippen LogP contribution in [0.5, 0.6) is 0 Å². The van der Waals surface area contributed by atoms with Crippen LogP contribution in [-0.4, -0.2) is 15.0 Å². The summed E-state index contributed by atoms with van der Waals surface area (Å²) in [4.78, 5) is 12.0. The zero-order chi connectivity index (χ0) is 11.9. The van der Waals surface area contributed by atoms with E-state index >= 15 is 0 Å². The summed E-state index contributed by atoms with van der Waals surface area (Å²) in [5.41, 5.74) is 5.80. The molecule has 0 spiro atoms. The third kappa shape index (κ3) is 1.80. The number of nitrogens with one attached hydrogen (secondary N) is 2. The molecule has 0 bridgehead atoms. The van der Waals surface area contributed by atoms with Gasteiger partial charge in [0.1, 0.15) is 5.65 Å². The minimum absolute atomic E-state index is 0. The molecule has 0 saturated heterocycles. The Balaban J connectivity index is 0.00000110. The first kappa shape index (κ1) is 12.1. The zero-order valence-corrected chi connectivity index (χ0v) is 11.0. The molecule has 1 aliphatic heterocycles. The molecule has 5 heteroatoms. The molecule has 0 atom stereocenters. The molecule has 0 aliphatic carbocycles. The Morgan fingerprint density at radius 3 is 2.84 bits per heavy atom. The molecule has 3 aromatic heterocycles. The number of H-pyrrole nitrogens is 1. The number of aromatic amines is 1. The van der Waals surface area contributed by atoms with Crippen molar-refractivity contribution in [2.24, 2.45) is 0 Å². The lowest BCUT2D eigenvalue weighted by Crippen LogP contribution is -2.00. The second-order valence-corrected chi connectivity index (χ2v) is 4.50. The maximum absolute atomic E-state index is 4.57. The van der Waals surface area contributed by atoms with Gasteiger partial charge in [0, 0.05) is 42.6 Å². The maximum Gasteiger partial charge on any atom is 0.137 e. The quantitative estimate of drug-likeness (QED) is 0.716. The van der Waals surface area contributed by atoms with Crippen LogP contribution < -0.4 is 5.32 Å². The van der Waals surface area contributed by atoms with Crippen LogP contribution in [0.1, 0.15) is 11.1 Å². The largest absolute Gasteiger partial charge is 0.346 e. The van der Waals surface area contributed by atoms with Crippen molar-refractivity contribution in [3.8, 4) is 11.3 Å². The van der Waals surface area contributed by atoms with Crippen molar-refractivity contribution < 1.29 is 0 Å². The van der Waals surface area contributed by atoms with Crippen LogP contribution in [0.4, 0.5) is 0 Å². The summed E-state index contributed by atoms with van der Waals surface area (Å²) in [7, 11) is 0. The van der Waals surface area contributed by atoms with Gasteiger partial charge in [-0.1, -0.05) is 0 Å². The van der Waals surface area contributed by atoms with E-state index in [2.05, 4.69) is 32.4 Å². The Morgan fingerprint density at radius 1 is 1.00 bits per heavy atom. The summed E-state index contributed by atoms with van der Waals surface area (Å²) in [6.45, 7) is 1.83. The smallest absolute Gasteiger partial charge is 0.137 e. The summed E-state index contributed by atoms with van der Waals surface area (Å²) in [6.07, 6.45) is 5.64. The summed E-state index contributed by atoms with van der Waals surface area (Å²) >= 11 is 0. The fraction of sp³-hybridized carbons (Fsp3) is 0.143. The van der Waals surface area contributed by atoms with Gasteiger partial charge in [0.2, 0.25) is 0 Å². The van der Waals surface area contributed by atoms with Crippen LogP contribution in [0.15, 0.2) is 36.8 Å². The molecule has 3 aromatic rings. The van der Waals surface area contributed by atoms with Crippen LogP contribution in [0, 0.1) is 0 Å². The zero-order valence-electron chi connectivity index (χ0n) is 10.2. The van der Waals surface area contributed by atoms with Crippen LogP contribution in [-0.2, 0) is 13.1 Å². The van der Waals surface area contributed by atoms with Crippen LogP contribution in [0.2, 0.25) is 0 Å². The summed E-state index contributed by atoms with van der Waals surface area (Å²) < 4.78 is 0. The third-order valence-corrected chi connectivity index (χ3v) is 3.49. The van der Waals surface area contributed by atoms with E-state index in [1.165, 1.54) is 11.1 Å². The van der Waals surface area contributed by atoms with Gasteiger partial charge in [-0.2, -0.15) is 0 Å². The van der Waals surface area contributed by atoms with Crippen molar-refractivity contribution in [3.63, 3.8) is 0 Å². The molecule has 0 saturated carbocycles. The Kier molecular flexibility index (Phi) is 2.97. The average molecular weight is 273 g/mol. The molecule has 0 unspecified atom stereocenters. The lowest BCUT2D eigenvalue weighted by molar-refractivity contribution is 0.765. The molecule has 0 radical (unpaired) electrons. The fourth-order valence-corrected chi connectivity index (χ4v) is 2.62. The van der Waals surface area contributed by atoms with Gasteiger partial charge in [0.05, 0.1) is 5.69 Å². The molecule has 19 heavy (non-hydrogen) atoms. The molecular formula is C14H13ClN4. The number of nitrogens with zero attached hydrogens (tertiary/aromatic N) is 2. The highest BCUT2D eigenvalue weighted by Gasteiger charge is 2.17. The van der Waals surface area contributed by atoms with E-state index in [1.807, 2.05) is 24.7 Å². The molecule has 0 fully saturated rings. The monoisotopic (exact) mass is 272 g/mol. The van der Waals surface area contributed by atoms with Crippen LogP contribution in [0.25, 0.3) is 22.3 Å². The molecule has 4 rings (SSSR count). The van der Waals surface area contributed by atoms with Gasteiger partial charge in [-0.15, -0.1) is 12.4 Å². The highest BCUT2D eigenvalue weighted by atomic mass is 35.5. The third-order valence-electron chi connectivity index (χ3n) is 3.49. The molecule has 2 N–H and O–H groups in total. The number of aromatic nitrogens is 3. The SMILES string of the molecule is Cl.c1cc2c(c(-c3ccnc4[nH]ccc34)n1)CNC2. The van der Waals surface area contributed by atoms with Crippen molar-refractivity contribution in [1.82, 2.24) is 20.3 Å². The van der Waals surface area contributed by atoms with Crippen molar-refractivity contribution >= 4 is 23.4 Å². The van der Waals surface area contributed by atoms with Gasteiger partial charge < -0.3 is 10.3 Å². The van der Waals surface area contributed by atoms with Crippen molar-refractivity contribution in [2.45, 2.75) is 13.1 Å². The van der Waals surface area contributed by atoms with Gasteiger partial charge in [-0.05, 0) is 29.3 Å². The minimum Gasteiger partial charge on any atom is -0.346 e. The number of halogens is 1. The number of fused-ring (bicyclic) bond motifs is 2. The second-order valence-electron chi connectivity index (χ2n) is 4.50. The second kappa shape index (κ2) is 4.64. The Labute approximate surface area is 116 Å². The molecule has 0 amide bonds. The van der Waals surface area contributed by atoms with Crippen LogP contribution >= 0.6 is 12.4 Å². The number of hydrogen-bond acceptors (Lipinski definition) is 3. The summed E-state index contributed by atoms with van der Waals surface area (Å²) in [5.74, 6) is 0. The number of pyridine rings is 2. The molecule has 96 valence electrons. The average Bonchev–Trinajstić information content (AvgIpc) is 3.06. The van der Waals surface area contributed by atoms with Gasteiger partial charge in [-0.3, -0.25) is 4.98 Å². The van der Waals surface area contributed by atoms with Crippen molar-refractivity contribution in [3.05, 3.63) is 47.9 Å². The van der Waals surface area contributed by atoms with E-state index in [9.17, 15) is 0 Å².